The van der Waals surface area contributed by atoms with Crippen LogP contribution in [0.2, 0.25) is 0 Å². The van der Waals surface area contributed by atoms with Crippen LogP contribution in [-0.4, -0.2) is 13.3 Å². The second-order valence-electron chi connectivity index (χ2n) is 5.27. The molecular weight excluding hydrogens is 298 g/mol. The van der Waals surface area contributed by atoms with Crippen LogP contribution < -0.4 is 4.74 Å². The van der Waals surface area contributed by atoms with Crippen molar-refractivity contribution in [3.05, 3.63) is 90.0 Å². The van der Waals surface area contributed by atoms with E-state index in [1.807, 2.05) is 54.6 Å². The molecule has 3 aromatic rings. The lowest BCUT2D eigenvalue weighted by molar-refractivity contribution is 0.132. The van der Waals surface area contributed by atoms with Gasteiger partial charge in [-0.2, -0.15) is 0 Å². The van der Waals surface area contributed by atoms with E-state index in [0.29, 0.717) is 6.61 Å². The summed E-state index contributed by atoms with van der Waals surface area (Å²) < 4.78 is 5.11. The quantitative estimate of drug-likeness (QED) is 0.483. The van der Waals surface area contributed by atoms with Crippen molar-refractivity contribution in [1.29, 1.82) is 0 Å². The summed E-state index contributed by atoms with van der Waals surface area (Å²) in [5, 5.41) is 3.90. The number of benzene rings is 3. The third-order valence-corrected chi connectivity index (χ3v) is 3.59. The van der Waals surface area contributed by atoms with E-state index in [9.17, 15) is 0 Å². The zero-order chi connectivity index (χ0) is 16.6. The van der Waals surface area contributed by atoms with E-state index in [4.69, 9.17) is 9.57 Å². The molecule has 0 saturated heterocycles. The Bertz CT molecular complexity index is 796. The Labute approximate surface area is 142 Å². The van der Waals surface area contributed by atoms with Gasteiger partial charge in [0.1, 0.15) is 18.6 Å². The Balaban J connectivity index is 1.59. The first-order chi connectivity index (χ1) is 11.8. The Kier molecular flexibility index (Phi) is 5.25. The molecule has 0 aromatic heterocycles. The van der Waals surface area contributed by atoms with Gasteiger partial charge < -0.3 is 9.57 Å². The maximum atomic E-state index is 5.35. The second-order valence-corrected chi connectivity index (χ2v) is 5.27. The number of rotatable bonds is 6. The molecule has 0 saturated carbocycles. The van der Waals surface area contributed by atoms with Crippen molar-refractivity contribution >= 4 is 6.21 Å². The van der Waals surface area contributed by atoms with Gasteiger partial charge in [0, 0.05) is 5.56 Å². The van der Waals surface area contributed by atoms with Gasteiger partial charge in [0.25, 0.3) is 0 Å². The van der Waals surface area contributed by atoms with Crippen LogP contribution in [0.1, 0.15) is 11.1 Å². The van der Waals surface area contributed by atoms with Gasteiger partial charge in [0.15, 0.2) is 0 Å². The van der Waals surface area contributed by atoms with Gasteiger partial charge in [-0.15, -0.1) is 0 Å². The molecule has 0 aliphatic carbocycles. The monoisotopic (exact) mass is 316 g/mol. The van der Waals surface area contributed by atoms with Crippen molar-refractivity contribution in [2.45, 2.75) is 6.61 Å². The fraction of sp³-hybridized carbons (Fsp3) is 0.0952. The van der Waals surface area contributed by atoms with Crippen molar-refractivity contribution in [1.82, 2.24) is 0 Å². The van der Waals surface area contributed by atoms with Crippen LogP contribution in [0.5, 0.6) is 5.75 Å². The molecule has 0 aliphatic heterocycles. The van der Waals surface area contributed by atoms with Crippen molar-refractivity contribution in [3.63, 3.8) is 0 Å². The van der Waals surface area contributed by atoms with Crippen molar-refractivity contribution in [2.75, 3.05) is 7.11 Å². The summed E-state index contributed by atoms with van der Waals surface area (Å²) >= 11 is 0. The van der Waals surface area contributed by atoms with Crippen molar-refractivity contribution < 1.29 is 9.57 Å². The van der Waals surface area contributed by atoms with E-state index in [-0.39, 0.29) is 0 Å². The second kappa shape index (κ2) is 7.97. The molecule has 0 bridgehead atoms. The molecule has 3 heteroatoms. The highest BCUT2D eigenvalue weighted by Gasteiger charge is 1.99. The van der Waals surface area contributed by atoms with Gasteiger partial charge in [0.05, 0.1) is 7.11 Å². The van der Waals surface area contributed by atoms with Crippen molar-refractivity contribution in [3.8, 4) is 16.9 Å². The number of methoxy groups -OCH3 is 1. The number of hydrogen-bond donors (Lipinski definition) is 0. The molecule has 1 radical (unpaired) electrons. The van der Waals surface area contributed by atoms with Gasteiger partial charge in [-0.05, 0) is 47.0 Å². The Hall–Kier alpha value is -3.07. The standard InChI is InChI=1S/C21H18NO2/c1-23-21-12-10-17(11-13-21)15-22-24-16-18-6-5-9-20(14-18)19-7-3-2-4-8-19/h2-14H,16H2,1H3. The van der Waals surface area contributed by atoms with Crippen LogP contribution in [0.4, 0.5) is 0 Å². The van der Waals surface area contributed by atoms with Crippen LogP contribution in [0.15, 0.2) is 84.0 Å². The van der Waals surface area contributed by atoms with E-state index >= 15 is 0 Å². The highest BCUT2D eigenvalue weighted by atomic mass is 16.6. The van der Waals surface area contributed by atoms with E-state index in [0.717, 1.165) is 16.9 Å². The highest BCUT2D eigenvalue weighted by molar-refractivity contribution is 5.79. The summed E-state index contributed by atoms with van der Waals surface area (Å²) in [5.74, 6) is 0.805. The SMILES string of the molecule is COc1ccc(/[C]=N\OCc2cccc(-c3ccccc3)c2)cc1. The molecule has 24 heavy (non-hydrogen) atoms. The summed E-state index contributed by atoms with van der Waals surface area (Å²) in [7, 11) is 1.64. The Morgan fingerprint density at radius 3 is 2.33 bits per heavy atom. The minimum atomic E-state index is 0.407. The molecule has 0 unspecified atom stereocenters. The van der Waals surface area contributed by atoms with Crippen molar-refractivity contribution in [2.24, 2.45) is 5.16 Å². The van der Waals surface area contributed by atoms with Gasteiger partial charge in [0.2, 0.25) is 0 Å². The average molecular weight is 316 g/mol. The number of ether oxygens (including phenoxy) is 1. The zero-order valence-corrected chi connectivity index (χ0v) is 13.5. The smallest absolute Gasteiger partial charge is 0.142 e. The van der Waals surface area contributed by atoms with E-state index < -0.39 is 0 Å². The van der Waals surface area contributed by atoms with Crippen LogP contribution >= 0.6 is 0 Å². The molecule has 0 atom stereocenters. The maximum Gasteiger partial charge on any atom is 0.142 e. The molecule has 0 amide bonds. The molecule has 3 rings (SSSR count). The van der Waals surface area contributed by atoms with Crippen LogP contribution in [-0.2, 0) is 11.4 Å². The zero-order valence-electron chi connectivity index (χ0n) is 13.5. The molecule has 0 N–H and O–H groups in total. The topological polar surface area (TPSA) is 30.8 Å². The molecule has 0 spiro atoms. The highest BCUT2D eigenvalue weighted by Crippen LogP contribution is 2.20. The number of nitrogens with zero attached hydrogens (tertiary/aromatic N) is 1. The molecule has 119 valence electrons. The predicted molar refractivity (Wildman–Crippen MR) is 96.2 cm³/mol. The van der Waals surface area contributed by atoms with Gasteiger partial charge in [-0.3, -0.25) is 0 Å². The summed E-state index contributed by atoms with van der Waals surface area (Å²) in [5.41, 5.74) is 4.26. The average Bonchev–Trinajstić information content (AvgIpc) is 2.67. The molecule has 0 fully saturated rings. The van der Waals surface area contributed by atoms with Gasteiger partial charge in [-0.1, -0.05) is 53.7 Å². The normalized spacial score (nSPS) is 10.7. The summed E-state index contributed by atoms with van der Waals surface area (Å²) in [4.78, 5) is 5.35. The van der Waals surface area contributed by atoms with Gasteiger partial charge >= 0.3 is 0 Å². The van der Waals surface area contributed by atoms with E-state index in [1.165, 1.54) is 11.1 Å². The fourth-order valence-electron chi connectivity index (χ4n) is 2.33. The minimum absolute atomic E-state index is 0.407. The lowest BCUT2D eigenvalue weighted by Crippen LogP contribution is -1.89. The fourth-order valence-corrected chi connectivity index (χ4v) is 2.33. The Morgan fingerprint density at radius 2 is 1.58 bits per heavy atom. The largest absolute Gasteiger partial charge is 0.497 e. The first-order valence-electron chi connectivity index (χ1n) is 7.71. The minimum Gasteiger partial charge on any atom is -0.497 e. The summed E-state index contributed by atoms with van der Waals surface area (Å²) in [6.07, 6.45) is 2.86. The number of hydrogen-bond acceptors (Lipinski definition) is 3. The van der Waals surface area contributed by atoms with Crippen LogP contribution in [0.3, 0.4) is 0 Å². The first-order valence-corrected chi connectivity index (χ1v) is 7.71. The lowest BCUT2D eigenvalue weighted by Gasteiger charge is -2.04. The molecule has 0 aliphatic rings. The summed E-state index contributed by atoms with van der Waals surface area (Å²) in [6.45, 7) is 0.407. The van der Waals surface area contributed by atoms with E-state index in [2.05, 4.69) is 35.6 Å². The molecule has 3 aromatic carbocycles. The molecule has 0 heterocycles. The third-order valence-electron chi connectivity index (χ3n) is 3.59. The Morgan fingerprint density at radius 1 is 0.833 bits per heavy atom. The van der Waals surface area contributed by atoms with Crippen LogP contribution in [0.25, 0.3) is 11.1 Å². The van der Waals surface area contributed by atoms with E-state index in [1.54, 1.807) is 7.11 Å². The maximum absolute atomic E-state index is 5.35. The first kappa shape index (κ1) is 15.8. The lowest BCUT2D eigenvalue weighted by atomic mass is 10.0. The predicted octanol–water partition coefficient (Wildman–Crippen LogP) is 4.79. The molecule has 3 nitrogen and oxygen atoms in total. The summed E-state index contributed by atoms with van der Waals surface area (Å²) in [6, 6.07) is 26.0. The van der Waals surface area contributed by atoms with Crippen LogP contribution in [0, 0.1) is 0 Å². The third kappa shape index (κ3) is 4.23. The van der Waals surface area contributed by atoms with Gasteiger partial charge in [-0.25, -0.2) is 0 Å². The molecular formula is C21H18NO2.